The summed E-state index contributed by atoms with van der Waals surface area (Å²) >= 11 is 0. The number of amides is 2. The number of fused-ring (bicyclic) bond motifs is 2. The molecule has 148 valence electrons. The molecule has 1 aromatic heterocycles. The summed E-state index contributed by atoms with van der Waals surface area (Å²) in [6, 6.07) is 17.9. The lowest BCUT2D eigenvalue weighted by Crippen LogP contribution is -2.66. The van der Waals surface area contributed by atoms with E-state index in [1.807, 2.05) is 12.1 Å². The molecule has 1 unspecified atom stereocenters. The Kier molecular flexibility index (Phi) is 4.56. The van der Waals surface area contributed by atoms with Crippen LogP contribution in [0.15, 0.2) is 65.3 Å². The lowest BCUT2D eigenvalue weighted by atomic mass is 10.0. The third-order valence-corrected chi connectivity index (χ3v) is 5.91. The number of hydrogen-bond acceptors (Lipinski definition) is 4. The quantitative estimate of drug-likeness (QED) is 0.688. The Bertz CT molecular complexity index is 1040. The predicted octanol–water partition coefficient (Wildman–Crippen LogP) is 2.49. The molecule has 0 saturated carbocycles. The van der Waals surface area contributed by atoms with Crippen LogP contribution in [-0.2, 0) is 22.7 Å². The van der Waals surface area contributed by atoms with E-state index in [1.54, 1.807) is 22.1 Å². The van der Waals surface area contributed by atoms with Gasteiger partial charge in [-0.1, -0.05) is 42.5 Å². The van der Waals surface area contributed by atoms with Crippen LogP contribution in [0.2, 0.25) is 0 Å². The molecule has 2 fully saturated rings. The van der Waals surface area contributed by atoms with Gasteiger partial charge in [0.2, 0.25) is 11.8 Å². The van der Waals surface area contributed by atoms with Crippen LogP contribution in [0.4, 0.5) is 0 Å². The molecule has 29 heavy (non-hydrogen) atoms. The first-order valence-corrected chi connectivity index (χ1v) is 9.99. The van der Waals surface area contributed by atoms with E-state index in [4.69, 9.17) is 4.42 Å². The van der Waals surface area contributed by atoms with Gasteiger partial charge in [-0.3, -0.25) is 14.5 Å². The van der Waals surface area contributed by atoms with Crippen molar-refractivity contribution in [3.05, 3.63) is 72.2 Å². The summed E-state index contributed by atoms with van der Waals surface area (Å²) in [6.45, 7) is 3.16. The van der Waals surface area contributed by atoms with Crippen LogP contribution in [0.5, 0.6) is 0 Å². The number of hydrogen-bond donors (Lipinski definition) is 0. The van der Waals surface area contributed by atoms with Crippen molar-refractivity contribution in [1.29, 1.82) is 0 Å². The first-order valence-electron chi connectivity index (χ1n) is 9.99. The minimum Gasteiger partial charge on any atom is -0.467 e. The number of rotatable bonds is 4. The molecule has 0 radical (unpaired) electrons. The number of carbonyl (C=O) groups is 2. The van der Waals surface area contributed by atoms with E-state index in [-0.39, 0.29) is 18.4 Å². The second-order valence-electron chi connectivity index (χ2n) is 7.75. The highest BCUT2D eigenvalue weighted by Crippen LogP contribution is 2.24. The van der Waals surface area contributed by atoms with E-state index in [9.17, 15) is 9.59 Å². The van der Waals surface area contributed by atoms with E-state index in [0.717, 1.165) is 13.1 Å². The monoisotopic (exact) mass is 389 g/mol. The Morgan fingerprint density at radius 1 is 0.931 bits per heavy atom. The fourth-order valence-electron chi connectivity index (χ4n) is 4.43. The van der Waals surface area contributed by atoms with Gasteiger partial charge in [-0.05, 0) is 28.5 Å². The van der Waals surface area contributed by atoms with Crippen molar-refractivity contribution in [2.45, 2.75) is 19.1 Å². The van der Waals surface area contributed by atoms with E-state index < -0.39 is 6.04 Å². The highest BCUT2D eigenvalue weighted by Gasteiger charge is 2.42. The molecular weight excluding hydrogens is 366 g/mol. The second-order valence-corrected chi connectivity index (χ2v) is 7.75. The molecular formula is C23H23N3O3. The van der Waals surface area contributed by atoms with Crippen molar-refractivity contribution < 1.29 is 14.0 Å². The van der Waals surface area contributed by atoms with Gasteiger partial charge in [0.25, 0.3) is 0 Å². The summed E-state index contributed by atoms with van der Waals surface area (Å²) in [4.78, 5) is 31.4. The SMILES string of the molecule is O=C1C2CN(Cc3cccc4ccccc34)CCN2C(=O)CN1Cc1ccco1. The third kappa shape index (κ3) is 3.40. The highest BCUT2D eigenvalue weighted by atomic mass is 16.3. The number of carbonyl (C=O) groups excluding carboxylic acids is 2. The number of furan rings is 1. The summed E-state index contributed by atoms with van der Waals surface area (Å²) in [5, 5.41) is 2.46. The minimum atomic E-state index is -0.421. The molecule has 0 spiro atoms. The third-order valence-electron chi connectivity index (χ3n) is 5.91. The van der Waals surface area contributed by atoms with Crippen LogP contribution < -0.4 is 0 Å². The summed E-state index contributed by atoms with van der Waals surface area (Å²) in [5.41, 5.74) is 1.25. The van der Waals surface area contributed by atoms with Crippen molar-refractivity contribution in [2.75, 3.05) is 26.2 Å². The molecule has 1 atom stereocenters. The largest absolute Gasteiger partial charge is 0.467 e. The Morgan fingerprint density at radius 3 is 2.66 bits per heavy atom. The molecule has 0 aliphatic carbocycles. The van der Waals surface area contributed by atoms with Crippen molar-refractivity contribution in [3.63, 3.8) is 0 Å². The predicted molar refractivity (Wildman–Crippen MR) is 109 cm³/mol. The zero-order chi connectivity index (χ0) is 19.8. The fourth-order valence-corrected chi connectivity index (χ4v) is 4.43. The van der Waals surface area contributed by atoms with Crippen LogP contribution >= 0.6 is 0 Å². The van der Waals surface area contributed by atoms with Crippen molar-refractivity contribution in [1.82, 2.24) is 14.7 Å². The average molecular weight is 389 g/mol. The van der Waals surface area contributed by atoms with Gasteiger partial charge in [0.1, 0.15) is 18.3 Å². The molecule has 0 bridgehead atoms. The Morgan fingerprint density at radius 2 is 1.79 bits per heavy atom. The van der Waals surface area contributed by atoms with Crippen LogP contribution in [0, 0.1) is 0 Å². The molecule has 3 aromatic rings. The molecule has 2 aliphatic rings. The van der Waals surface area contributed by atoms with Gasteiger partial charge in [0, 0.05) is 26.2 Å². The topological polar surface area (TPSA) is 57.0 Å². The summed E-state index contributed by atoms with van der Waals surface area (Å²) in [6.07, 6.45) is 1.59. The van der Waals surface area contributed by atoms with Gasteiger partial charge in [0.05, 0.1) is 12.8 Å². The summed E-state index contributed by atoms with van der Waals surface area (Å²) in [5.74, 6) is 0.720. The first kappa shape index (κ1) is 17.9. The summed E-state index contributed by atoms with van der Waals surface area (Å²) < 4.78 is 5.37. The van der Waals surface area contributed by atoms with Gasteiger partial charge >= 0.3 is 0 Å². The van der Waals surface area contributed by atoms with Crippen LogP contribution in [0.3, 0.4) is 0 Å². The molecule has 5 rings (SSSR count). The molecule has 2 saturated heterocycles. The van der Waals surface area contributed by atoms with Gasteiger partial charge in [-0.2, -0.15) is 0 Å². The van der Waals surface area contributed by atoms with E-state index >= 15 is 0 Å². The average Bonchev–Trinajstić information content (AvgIpc) is 3.25. The van der Waals surface area contributed by atoms with Crippen molar-refractivity contribution in [3.8, 4) is 0 Å². The molecule has 2 aliphatic heterocycles. The maximum absolute atomic E-state index is 13.1. The zero-order valence-electron chi connectivity index (χ0n) is 16.2. The first-order chi connectivity index (χ1) is 14.2. The molecule has 6 nitrogen and oxygen atoms in total. The number of nitrogens with zero attached hydrogens (tertiary/aromatic N) is 3. The number of benzene rings is 2. The van der Waals surface area contributed by atoms with Gasteiger partial charge in [-0.15, -0.1) is 0 Å². The van der Waals surface area contributed by atoms with E-state index in [2.05, 4.69) is 41.3 Å². The molecule has 2 amide bonds. The zero-order valence-corrected chi connectivity index (χ0v) is 16.2. The van der Waals surface area contributed by atoms with Gasteiger partial charge < -0.3 is 14.2 Å². The van der Waals surface area contributed by atoms with Crippen LogP contribution in [0.1, 0.15) is 11.3 Å². The molecule has 0 N–H and O–H groups in total. The van der Waals surface area contributed by atoms with Crippen molar-refractivity contribution in [2.24, 2.45) is 0 Å². The maximum atomic E-state index is 13.1. The molecule has 6 heteroatoms. The number of piperazine rings is 2. The van der Waals surface area contributed by atoms with Gasteiger partial charge in [-0.25, -0.2) is 0 Å². The summed E-state index contributed by atoms with van der Waals surface area (Å²) in [7, 11) is 0. The van der Waals surface area contributed by atoms with E-state index in [1.165, 1.54) is 16.3 Å². The Hall–Kier alpha value is -3.12. The van der Waals surface area contributed by atoms with Crippen molar-refractivity contribution >= 4 is 22.6 Å². The highest BCUT2D eigenvalue weighted by molar-refractivity contribution is 5.95. The Balaban J connectivity index is 1.34. The lowest BCUT2D eigenvalue weighted by Gasteiger charge is -2.46. The minimum absolute atomic E-state index is 0.00335. The second kappa shape index (κ2) is 7.37. The standard InChI is InChI=1S/C23H23N3O3/c27-22-16-25(14-19-8-4-12-29-19)23(28)21-15-24(10-11-26(21)22)13-18-7-3-6-17-5-1-2-9-20(17)18/h1-9,12,21H,10-11,13-16H2. The smallest absolute Gasteiger partial charge is 0.247 e. The van der Waals surface area contributed by atoms with E-state index in [0.29, 0.717) is 25.4 Å². The lowest BCUT2D eigenvalue weighted by molar-refractivity contribution is -0.160. The Labute approximate surface area is 169 Å². The van der Waals surface area contributed by atoms with Gasteiger partial charge in [0.15, 0.2) is 0 Å². The molecule has 3 heterocycles. The van der Waals surface area contributed by atoms with Crippen LogP contribution in [-0.4, -0.2) is 58.7 Å². The molecule has 2 aromatic carbocycles. The fraction of sp³-hybridized carbons (Fsp3) is 0.304. The maximum Gasteiger partial charge on any atom is 0.247 e. The van der Waals surface area contributed by atoms with Crippen LogP contribution in [0.25, 0.3) is 10.8 Å². The normalized spacial score (nSPS) is 20.3.